The van der Waals surface area contributed by atoms with Gasteiger partial charge in [-0.3, -0.25) is 4.79 Å². The van der Waals surface area contributed by atoms with Crippen LogP contribution in [0.15, 0.2) is 18.2 Å². The topological polar surface area (TPSA) is 46.6 Å². The average Bonchev–Trinajstić information content (AvgIpc) is 2.47. The van der Waals surface area contributed by atoms with Gasteiger partial charge in [0.1, 0.15) is 5.60 Å². The van der Waals surface area contributed by atoms with E-state index >= 15 is 0 Å². The molecule has 1 saturated heterocycles. The molecule has 6 heteroatoms. The molecular formula is C17H21Cl2NO3. The van der Waals surface area contributed by atoms with Crippen molar-refractivity contribution < 1.29 is 14.3 Å². The van der Waals surface area contributed by atoms with Crippen molar-refractivity contribution >= 4 is 35.1 Å². The van der Waals surface area contributed by atoms with E-state index in [1.165, 1.54) is 0 Å². The molecule has 4 nitrogen and oxygen atoms in total. The lowest BCUT2D eigenvalue weighted by atomic mass is 9.89. The minimum Gasteiger partial charge on any atom is -0.444 e. The van der Waals surface area contributed by atoms with Crippen LogP contribution in [0.3, 0.4) is 0 Å². The highest BCUT2D eigenvalue weighted by Crippen LogP contribution is 2.28. The van der Waals surface area contributed by atoms with Gasteiger partial charge in [0.05, 0.1) is 5.02 Å². The number of likely N-dealkylation sites (tertiary alicyclic amines) is 1. The Kier molecular flexibility index (Phi) is 5.58. The summed E-state index contributed by atoms with van der Waals surface area (Å²) in [6.07, 6.45) is 0.867. The van der Waals surface area contributed by atoms with Crippen LogP contribution in [-0.2, 0) is 4.74 Å². The van der Waals surface area contributed by atoms with E-state index in [0.717, 1.165) is 0 Å². The molecule has 0 saturated carbocycles. The molecule has 126 valence electrons. The number of Topliss-reactive ketones (excluding diaryl/α,β-unsaturated/α-hetero) is 1. The minimum atomic E-state index is -0.516. The monoisotopic (exact) mass is 357 g/mol. The maximum absolute atomic E-state index is 12.6. The molecule has 0 N–H and O–H groups in total. The maximum Gasteiger partial charge on any atom is 0.410 e. The Bertz CT molecular complexity index is 602. The molecule has 2 rings (SSSR count). The largest absolute Gasteiger partial charge is 0.444 e. The zero-order valence-electron chi connectivity index (χ0n) is 13.6. The molecule has 0 aliphatic carbocycles. The molecule has 0 spiro atoms. The fourth-order valence-corrected chi connectivity index (χ4v) is 2.94. The number of hydrogen-bond donors (Lipinski definition) is 0. The van der Waals surface area contributed by atoms with Crippen LogP contribution in [0, 0.1) is 5.92 Å². The van der Waals surface area contributed by atoms with Crippen LogP contribution >= 0.6 is 23.2 Å². The summed E-state index contributed by atoms with van der Waals surface area (Å²) >= 11 is 12.0. The van der Waals surface area contributed by atoms with Crippen molar-refractivity contribution in [2.45, 2.75) is 39.2 Å². The molecule has 1 aromatic carbocycles. The average molecular weight is 358 g/mol. The summed E-state index contributed by atoms with van der Waals surface area (Å²) in [4.78, 5) is 26.3. The standard InChI is InChI=1S/C17H21Cl2NO3/c1-17(2,3)23-16(22)20-8-6-11(7-9-20)15(21)13-10-12(18)4-5-14(13)19/h4-5,10-11H,6-9H2,1-3H3. The third-order valence-electron chi connectivity index (χ3n) is 3.71. The summed E-state index contributed by atoms with van der Waals surface area (Å²) in [5.41, 5.74) is -0.0622. The molecule has 1 aromatic rings. The molecule has 1 fully saturated rings. The summed E-state index contributed by atoms with van der Waals surface area (Å²) in [6.45, 7) is 6.51. The Morgan fingerprint density at radius 3 is 2.35 bits per heavy atom. The fourth-order valence-electron chi connectivity index (χ4n) is 2.56. The number of ketones is 1. The van der Waals surface area contributed by atoms with E-state index in [4.69, 9.17) is 27.9 Å². The van der Waals surface area contributed by atoms with E-state index in [0.29, 0.717) is 41.5 Å². The van der Waals surface area contributed by atoms with Crippen LogP contribution in [0.2, 0.25) is 10.0 Å². The normalized spacial score (nSPS) is 16.3. The van der Waals surface area contributed by atoms with Crippen LogP contribution in [0.5, 0.6) is 0 Å². The number of piperidine rings is 1. The van der Waals surface area contributed by atoms with Crippen molar-refractivity contribution in [2.75, 3.05) is 13.1 Å². The summed E-state index contributed by atoms with van der Waals surface area (Å²) in [5, 5.41) is 0.901. The summed E-state index contributed by atoms with van der Waals surface area (Å²) in [6, 6.07) is 4.89. The van der Waals surface area contributed by atoms with E-state index < -0.39 is 5.60 Å². The van der Waals surface area contributed by atoms with Gasteiger partial charge in [-0.05, 0) is 51.8 Å². The van der Waals surface area contributed by atoms with Gasteiger partial charge in [0, 0.05) is 29.6 Å². The van der Waals surface area contributed by atoms with Gasteiger partial charge in [-0.2, -0.15) is 0 Å². The number of hydrogen-bond acceptors (Lipinski definition) is 3. The van der Waals surface area contributed by atoms with Crippen LogP contribution in [0.1, 0.15) is 44.0 Å². The van der Waals surface area contributed by atoms with Crippen molar-refractivity contribution in [3.05, 3.63) is 33.8 Å². The molecule has 1 aliphatic rings. The molecule has 0 bridgehead atoms. The first-order chi connectivity index (χ1) is 10.7. The second kappa shape index (κ2) is 7.10. The second-order valence-electron chi connectivity index (χ2n) is 6.73. The molecule has 1 heterocycles. The lowest BCUT2D eigenvalue weighted by molar-refractivity contribution is 0.0182. The van der Waals surface area contributed by atoms with Gasteiger partial charge in [0.25, 0.3) is 0 Å². The van der Waals surface area contributed by atoms with Crippen LogP contribution < -0.4 is 0 Å². The van der Waals surface area contributed by atoms with Crippen LogP contribution in [0.4, 0.5) is 4.79 Å². The van der Waals surface area contributed by atoms with E-state index in [1.807, 2.05) is 20.8 Å². The van der Waals surface area contributed by atoms with Crippen LogP contribution in [-0.4, -0.2) is 35.5 Å². The minimum absolute atomic E-state index is 0.0126. The Balaban J connectivity index is 1.97. The number of halogens is 2. The molecule has 0 unspecified atom stereocenters. The first-order valence-corrected chi connectivity index (χ1v) is 8.40. The summed E-state index contributed by atoms with van der Waals surface area (Å²) < 4.78 is 5.36. The molecule has 23 heavy (non-hydrogen) atoms. The Labute approximate surface area is 146 Å². The highest BCUT2D eigenvalue weighted by Gasteiger charge is 2.31. The van der Waals surface area contributed by atoms with Gasteiger partial charge < -0.3 is 9.64 Å². The zero-order chi connectivity index (χ0) is 17.2. The van der Waals surface area contributed by atoms with Crippen molar-refractivity contribution in [3.8, 4) is 0 Å². The van der Waals surface area contributed by atoms with Gasteiger partial charge >= 0.3 is 6.09 Å². The summed E-state index contributed by atoms with van der Waals surface area (Å²) in [7, 11) is 0. The van der Waals surface area contributed by atoms with Crippen molar-refractivity contribution in [1.29, 1.82) is 0 Å². The highest BCUT2D eigenvalue weighted by molar-refractivity contribution is 6.36. The number of carbonyl (C=O) groups excluding carboxylic acids is 2. The smallest absolute Gasteiger partial charge is 0.410 e. The van der Waals surface area contributed by atoms with E-state index in [-0.39, 0.29) is 17.8 Å². The molecule has 0 atom stereocenters. The lowest BCUT2D eigenvalue weighted by Crippen LogP contribution is -2.43. The predicted molar refractivity (Wildman–Crippen MR) is 91.3 cm³/mol. The van der Waals surface area contributed by atoms with Gasteiger partial charge in [0.15, 0.2) is 5.78 Å². The fraction of sp³-hybridized carbons (Fsp3) is 0.529. The number of benzene rings is 1. The molecule has 1 amide bonds. The first-order valence-electron chi connectivity index (χ1n) is 7.64. The SMILES string of the molecule is CC(C)(C)OC(=O)N1CCC(C(=O)c2cc(Cl)ccc2Cl)CC1. The van der Waals surface area contributed by atoms with Gasteiger partial charge in [-0.15, -0.1) is 0 Å². The molecule has 0 aromatic heterocycles. The number of ether oxygens (including phenoxy) is 1. The third-order valence-corrected chi connectivity index (χ3v) is 4.28. The van der Waals surface area contributed by atoms with Crippen molar-refractivity contribution in [1.82, 2.24) is 4.90 Å². The number of nitrogens with zero attached hydrogens (tertiary/aromatic N) is 1. The Hall–Kier alpha value is -1.26. The van der Waals surface area contributed by atoms with Crippen LogP contribution in [0.25, 0.3) is 0 Å². The lowest BCUT2D eigenvalue weighted by Gasteiger charge is -2.33. The van der Waals surface area contributed by atoms with Gasteiger partial charge in [-0.1, -0.05) is 23.2 Å². The van der Waals surface area contributed by atoms with Gasteiger partial charge in [-0.25, -0.2) is 4.79 Å². The predicted octanol–water partition coefficient (Wildman–Crippen LogP) is 4.82. The highest BCUT2D eigenvalue weighted by atomic mass is 35.5. The maximum atomic E-state index is 12.6. The van der Waals surface area contributed by atoms with E-state index in [9.17, 15) is 9.59 Å². The van der Waals surface area contributed by atoms with Crippen molar-refractivity contribution in [2.24, 2.45) is 5.92 Å². The molecular weight excluding hydrogens is 337 g/mol. The third kappa shape index (κ3) is 4.85. The van der Waals surface area contributed by atoms with E-state index in [1.54, 1.807) is 23.1 Å². The quantitative estimate of drug-likeness (QED) is 0.712. The summed E-state index contributed by atoms with van der Waals surface area (Å²) in [5.74, 6) is -0.161. The Morgan fingerprint density at radius 2 is 1.78 bits per heavy atom. The number of carbonyl (C=O) groups is 2. The number of rotatable bonds is 2. The first kappa shape index (κ1) is 18.1. The molecule has 1 aliphatic heterocycles. The van der Waals surface area contributed by atoms with E-state index in [2.05, 4.69) is 0 Å². The van der Waals surface area contributed by atoms with Gasteiger partial charge in [0.2, 0.25) is 0 Å². The Morgan fingerprint density at radius 1 is 1.17 bits per heavy atom. The van der Waals surface area contributed by atoms with Crippen molar-refractivity contribution in [3.63, 3.8) is 0 Å². The number of amides is 1. The molecule has 0 radical (unpaired) electrons. The second-order valence-corrected chi connectivity index (χ2v) is 7.57. The zero-order valence-corrected chi connectivity index (χ0v) is 15.1.